The van der Waals surface area contributed by atoms with Crippen LogP contribution in [-0.2, 0) is 14.3 Å². The highest BCUT2D eigenvalue weighted by atomic mass is 16.5. The first-order valence-electron chi connectivity index (χ1n) is 14.7. The van der Waals surface area contributed by atoms with Crippen molar-refractivity contribution < 1.29 is 19.4 Å². The van der Waals surface area contributed by atoms with Crippen LogP contribution in [-0.4, -0.2) is 29.6 Å². The molecule has 4 atom stereocenters. The molecule has 2 amide bonds. The molecule has 3 aromatic carbocycles. The smallest absolute Gasteiger partial charge is 0.238 e. The standard InChI is InChI=1S/C35H37NO4/c1-3-10-24-20-28-33(35(39)36(34(28)38)25-11-6-5-7-12-25)29-21-40-31(32(24)29)18-15-22(4-2)19-23-16-17-30(37)27-14-9-8-13-26(23)27/h5-9,11-14,16-17,19,28-29,31,33,37H,3-4,10,15,18,20-21H2,1-2H3/b22-19+/t28-,29+,31-,33-/m1/s1. The fourth-order valence-electron chi connectivity index (χ4n) is 7.16. The van der Waals surface area contributed by atoms with Crippen LogP contribution < -0.4 is 4.90 Å². The van der Waals surface area contributed by atoms with Crippen molar-refractivity contribution in [3.63, 3.8) is 0 Å². The number of allylic oxidation sites excluding steroid dienone is 2. The monoisotopic (exact) mass is 535 g/mol. The maximum atomic E-state index is 13.7. The molecule has 206 valence electrons. The number of phenolic OH excluding ortho intramolecular Hbond substituents is 1. The number of hydrogen-bond acceptors (Lipinski definition) is 4. The molecule has 3 aromatic rings. The van der Waals surface area contributed by atoms with Crippen molar-refractivity contribution in [2.24, 2.45) is 17.8 Å². The van der Waals surface area contributed by atoms with Crippen LogP contribution in [0, 0.1) is 17.8 Å². The molecule has 2 aliphatic heterocycles. The summed E-state index contributed by atoms with van der Waals surface area (Å²) in [6, 6.07) is 21.0. The normalized spacial score (nSPS) is 24.6. The van der Waals surface area contributed by atoms with E-state index in [2.05, 4.69) is 26.0 Å². The van der Waals surface area contributed by atoms with Crippen LogP contribution in [0.25, 0.3) is 16.8 Å². The largest absolute Gasteiger partial charge is 0.507 e. The number of nitrogens with zero attached hydrogens (tertiary/aromatic N) is 1. The van der Waals surface area contributed by atoms with E-state index in [1.807, 2.05) is 54.6 Å². The molecular formula is C35H37NO4. The summed E-state index contributed by atoms with van der Waals surface area (Å²) in [5.74, 6) is -0.484. The van der Waals surface area contributed by atoms with Gasteiger partial charge in [-0.3, -0.25) is 14.5 Å². The number of carbonyl (C=O) groups excluding carboxylic acids is 2. The van der Waals surface area contributed by atoms with E-state index in [9.17, 15) is 14.7 Å². The molecule has 2 saturated heterocycles. The Morgan fingerprint density at radius 1 is 0.950 bits per heavy atom. The lowest BCUT2D eigenvalue weighted by Gasteiger charge is -2.32. The van der Waals surface area contributed by atoms with Gasteiger partial charge in [0.2, 0.25) is 11.8 Å². The van der Waals surface area contributed by atoms with Gasteiger partial charge in [-0.15, -0.1) is 0 Å². The number of benzene rings is 3. The van der Waals surface area contributed by atoms with Crippen LogP contribution in [0.15, 0.2) is 83.4 Å². The number of amides is 2. The number of hydrogen-bond donors (Lipinski definition) is 1. The van der Waals surface area contributed by atoms with E-state index in [1.165, 1.54) is 21.6 Å². The van der Waals surface area contributed by atoms with E-state index in [-0.39, 0.29) is 35.7 Å². The fraction of sp³-hybridized carbons (Fsp3) is 0.371. The Morgan fingerprint density at radius 2 is 1.70 bits per heavy atom. The summed E-state index contributed by atoms with van der Waals surface area (Å²) in [6.45, 7) is 4.86. The first kappa shape index (κ1) is 26.5. The van der Waals surface area contributed by atoms with E-state index < -0.39 is 0 Å². The minimum atomic E-state index is -0.335. The molecule has 5 nitrogen and oxygen atoms in total. The highest BCUT2D eigenvalue weighted by Gasteiger charge is 2.57. The van der Waals surface area contributed by atoms with Crippen molar-refractivity contribution in [1.29, 1.82) is 0 Å². The van der Waals surface area contributed by atoms with Gasteiger partial charge in [-0.05, 0) is 66.8 Å². The van der Waals surface area contributed by atoms with E-state index >= 15 is 0 Å². The molecule has 1 aliphatic carbocycles. The van der Waals surface area contributed by atoms with Gasteiger partial charge >= 0.3 is 0 Å². The second kappa shape index (κ2) is 11.1. The molecular weight excluding hydrogens is 498 g/mol. The summed E-state index contributed by atoms with van der Waals surface area (Å²) in [5, 5.41) is 12.2. The number of para-hydroxylation sites is 1. The van der Waals surface area contributed by atoms with Crippen molar-refractivity contribution in [2.75, 3.05) is 11.5 Å². The summed E-state index contributed by atoms with van der Waals surface area (Å²) in [5.41, 5.74) is 5.73. The molecule has 0 saturated carbocycles. The summed E-state index contributed by atoms with van der Waals surface area (Å²) in [6.07, 6.45) is 7.52. The molecule has 2 fully saturated rings. The summed E-state index contributed by atoms with van der Waals surface area (Å²) >= 11 is 0. The molecule has 40 heavy (non-hydrogen) atoms. The maximum Gasteiger partial charge on any atom is 0.238 e. The molecule has 0 aromatic heterocycles. The maximum absolute atomic E-state index is 13.7. The van der Waals surface area contributed by atoms with Gasteiger partial charge in [0, 0.05) is 11.3 Å². The Hall–Kier alpha value is -3.70. The zero-order chi connectivity index (χ0) is 27.8. The fourth-order valence-corrected chi connectivity index (χ4v) is 7.16. The zero-order valence-corrected chi connectivity index (χ0v) is 23.3. The SMILES string of the molecule is CCCC1=C2[C@@H](CC/C(=C/c3ccc(O)c4ccccc34)CC)OC[C@@H]2[C@@H]2C(=O)N(c3ccccc3)C(=O)[C@@H]2C1. The quantitative estimate of drug-likeness (QED) is 0.240. The first-order chi connectivity index (χ1) is 19.5. The molecule has 5 heteroatoms. The Morgan fingerprint density at radius 3 is 2.45 bits per heavy atom. The van der Waals surface area contributed by atoms with Gasteiger partial charge in [-0.25, -0.2) is 0 Å². The minimum Gasteiger partial charge on any atom is -0.507 e. The Labute approximate surface area is 236 Å². The van der Waals surface area contributed by atoms with Crippen molar-refractivity contribution in [1.82, 2.24) is 0 Å². The van der Waals surface area contributed by atoms with E-state index in [1.54, 1.807) is 6.07 Å². The third-order valence-corrected chi connectivity index (χ3v) is 9.05. The lowest BCUT2D eigenvalue weighted by molar-refractivity contribution is -0.122. The lowest BCUT2D eigenvalue weighted by atomic mass is 9.68. The van der Waals surface area contributed by atoms with Gasteiger partial charge in [-0.1, -0.05) is 86.0 Å². The van der Waals surface area contributed by atoms with Gasteiger partial charge in [0.15, 0.2) is 0 Å². The number of phenols is 1. The molecule has 1 N–H and O–H groups in total. The number of aromatic hydroxyl groups is 1. The van der Waals surface area contributed by atoms with Crippen LogP contribution in [0.2, 0.25) is 0 Å². The highest BCUT2D eigenvalue weighted by molar-refractivity contribution is 6.22. The van der Waals surface area contributed by atoms with Crippen LogP contribution in [0.4, 0.5) is 5.69 Å². The van der Waals surface area contributed by atoms with Crippen molar-refractivity contribution in [3.8, 4) is 5.75 Å². The van der Waals surface area contributed by atoms with E-state index in [4.69, 9.17) is 4.74 Å². The van der Waals surface area contributed by atoms with Crippen LogP contribution >= 0.6 is 0 Å². The average molecular weight is 536 g/mol. The summed E-state index contributed by atoms with van der Waals surface area (Å²) in [7, 11) is 0. The predicted octanol–water partition coefficient (Wildman–Crippen LogP) is 7.44. The Kier molecular flexibility index (Phi) is 7.33. The third-order valence-electron chi connectivity index (χ3n) is 9.05. The van der Waals surface area contributed by atoms with Crippen molar-refractivity contribution in [3.05, 3.63) is 89.0 Å². The van der Waals surface area contributed by atoms with Gasteiger partial charge in [0.05, 0.1) is 30.2 Å². The Balaban J connectivity index is 1.25. The summed E-state index contributed by atoms with van der Waals surface area (Å²) < 4.78 is 6.44. The molecule has 0 radical (unpaired) electrons. The number of ether oxygens (including phenoxy) is 1. The van der Waals surface area contributed by atoms with Gasteiger partial charge < -0.3 is 9.84 Å². The van der Waals surface area contributed by atoms with Crippen molar-refractivity contribution in [2.45, 2.75) is 58.5 Å². The molecule has 3 aliphatic rings. The molecule has 0 bridgehead atoms. The molecule has 6 rings (SSSR count). The van der Waals surface area contributed by atoms with Crippen molar-refractivity contribution >= 4 is 34.4 Å². The van der Waals surface area contributed by atoms with Gasteiger partial charge in [-0.2, -0.15) is 0 Å². The predicted molar refractivity (Wildman–Crippen MR) is 159 cm³/mol. The van der Waals surface area contributed by atoms with Crippen LogP contribution in [0.1, 0.15) is 57.9 Å². The number of imide groups is 1. The van der Waals surface area contributed by atoms with E-state index in [0.29, 0.717) is 24.5 Å². The summed E-state index contributed by atoms with van der Waals surface area (Å²) in [4.78, 5) is 28.7. The number of fused-ring (bicyclic) bond motifs is 4. The number of carbonyl (C=O) groups is 2. The van der Waals surface area contributed by atoms with Crippen LogP contribution in [0.5, 0.6) is 5.75 Å². The molecule has 0 spiro atoms. The number of anilines is 1. The molecule has 0 unspecified atom stereocenters. The number of rotatable bonds is 8. The first-order valence-corrected chi connectivity index (χ1v) is 14.7. The van der Waals surface area contributed by atoms with Gasteiger partial charge in [0.1, 0.15) is 5.75 Å². The second-order valence-corrected chi connectivity index (χ2v) is 11.3. The topological polar surface area (TPSA) is 66.8 Å². The zero-order valence-electron chi connectivity index (χ0n) is 23.3. The van der Waals surface area contributed by atoms with E-state index in [0.717, 1.165) is 48.4 Å². The van der Waals surface area contributed by atoms with Gasteiger partial charge in [0.25, 0.3) is 0 Å². The second-order valence-electron chi connectivity index (χ2n) is 11.3. The lowest BCUT2D eigenvalue weighted by Crippen LogP contribution is -2.34. The Bertz CT molecular complexity index is 1500. The highest BCUT2D eigenvalue weighted by Crippen LogP contribution is 2.51. The third kappa shape index (κ3) is 4.56. The minimum absolute atomic E-state index is 0.0207. The molecule has 2 heterocycles. The average Bonchev–Trinajstić information content (AvgIpc) is 3.51. The van der Waals surface area contributed by atoms with Crippen LogP contribution in [0.3, 0.4) is 0 Å².